The standard InChI is InChI=1S/C21H25N3O5/c1-24(28-2)19(25)14-22-20(26)18(13-16-9-5-3-6-10-16)23-21(27)29-15-17-11-7-4-8-12-17/h3-12,18H,13-15H2,1-2H3,(H,22,26)(H,23,27)/t18-/m0/s1. The zero-order valence-electron chi connectivity index (χ0n) is 16.5. The molecule has 0 fully saturated rings. The highest BCUT2D eigenvalue weighted by Gasteiger charge is 2.23. The van der Waals surface area contributed by atoms with Gasteiger partial charge in [0.2, 0.25) is 5.91 Å². The van der Waals surface area contributed by atoms with Gasteiger partial charge in [-0.05, 0) is 11.1 Å². The van der Waals surface area contributed by atoms with E-state index in [1.807, 2.05) is 60.7 Å². The largest absolute Gasteiger partial charge is 0.445 e. The highest BCUT2D eigenvalue weighted by Crippen LogP contribution is 2.05. The molecule has 0 saturated heterocycles. The lowest BCUT2D eigenvalue weighted by atomic mass is 10.1. The molecule has 154 valence electrons. The zero-order valence-corrected chi connectivity index (χ0v) is 16.5. The van der Waals surface area contributed by atoms with Gasteiger partial charge in [0.15, 0.2) is 0 Å². The van der Waals surface area contributed by atoms with Crippen LogP contribution in [0.25, 0.3) is 0 Å². The van der Waals surface area contributed by atoms with E-state index in [-0.39, 0.29) is 19.6 Å². The summed E-state index contributed by atoms with van der Waals surface area (Å²) in [6.07, 6.45) is -0.466. The van der Waals surface area contributed by atoms with Crippen LogP contribution >= 0.6 is 0 Å². The molecular formula is C21H25N3O5. The molecule has 0 aliphatic heterocycles. The Bertz CT molecular complexity index is 798. The minimum atomic E-state index is -0.902. The molecule has 0 unspecified atom stereocenters. The lowest BCUT2D eigenvalue weighted by Gasteiger charge is -2.19. The van der Waals surface area contributed by atoms with Gasteiger partial charge in [0, 0.05) is 13.5 Å². The molecule has 0 aliphatic carbocycles. The third-order valence-electron chi connectivity index (χ3n) is 4.14. The number of hydrogen-bond acceptors (Lipinski definition) is 5. The van der Waals surface area contributed by atoms with Crippen LogP contribution in [0.15, 0.2) is 60.7 Å². The van der Waals surface area contributed by atoms with Gasteiger partial charge in [0.25, 0.3) is 5.91 Å². The molecule has 3 amide bonds. The van der Waals surface area contributed by atoms with Gasteiger partial charge in [-0.2, -0.15) is 0 Å². The maximum absolute atomic E-state index is 12.6. The quantitative estimate of drug-likeness (QED) is 0.625. The van der Waals surface area contributed by atoms with Gasteiger partial charge in [-0.1, -0.05) is 60.7 Å². The van der Waals surface area contributed by atoms with Gasteiger partial charge in [0.1, 0.15) is 12.6 Å². The summed E-state index contributed by atoms with van der Waals surface area (Å²) < 4.78 is 5.20. The van der Waals surface area contributed by atoms with Gasteiger partial charge in [0.05, 0.1) is 13.7 Å². The van der Waals surface area contributed by atoms with E-state index >= 15 is 0 Å². The first-order valence-corrected chi connectivity index (χ1v) is 9.09. The summed E-state index contributed by atoms with van der Waals surface area (Å²) in [6, 6.07) is 17.6. The maximum atomic E-state index is 12.6. The third kappa shape index (κ3) is 7.63. The molecule has 2 N–H and O–H groups in total. The van der Waals surface area contributed by atoms with Crippen molar-refractivity contribution in [2.75, 3.05) is 20.7 Å². The smallest absolute Gasteiger partial charge is 0.408 e. The molecule has 2 aromatic carbocycles. The van der Waals surface area contributed by atoms with Crippen LogP contribution in [-0.4, -0.2) is 49.7 Å². The van der Waals surface area contributed by atoms with Crippen molar-refractivity contribution in [1.29, 1.82) is 0 Å². The highest BCUT2D eigenvalue weighted by molar-refractivity contribution is 5.89. The average Bonchev–Trinajstić information content (AvgIpc) is 2.76. The predicted molar refractivity (Wildman–Crippen MR) is 106 cm³/mol. The maximum Gasteiger partial charge on any atom is 0.408 e. The van der Waals surface area contributed by atoms with Crippen molar-refractivity contribution in [3.8, 4) is 0 Å². The predicted octanol–water partition coefficient (Wildman–Crippen LogP) is 1.66. The fourth-order valence-electron chi connectivity index (χ4n) is 2.47. The minimum Gasteiger partial charge on any atom is -0.445 e. The van der Waals surface area contributed by atoms with Gasteiger partial charge in [-0.3, -0.25) is 14.4 Å². The fourth-order valence-corrected chi connectivity index (χ4v) is 2.47. The second-order valence-corrected chi connectivity index (χ2v) is 6.24. The topological polar surface area (TPSA) is 97.0 Å². The molecule has 8 nitrogen and oxygen atoms in total. The van der Waals surface area contributed by atoms with Crippen LogP contribution in [0.4, 0.5) is 4.79 Å². The SMILES string of the molecule is CON(C)C(=O)CNC(=O)[C@H](Cc1ccccc1)NC(=O)OCc1ccccc1. The van der Waals surface area contributed by atoms with E-state index in [9.17, 15) is 14.4 Å². The number of carbonyl (C=O) groups is 3. The number of likely N-dealkylation sites (N-methyl/N-ethyl adjacent to an activating group) is 1. The second kappa shape index (κ2) is 11.5. The zero-order chi connectivity index (χ0) is 21.1. The van der Waals surface area contributed by atoms with E-state index in [0.717, 1.165) is 16.2 Å². The second-order valence-electron chi connectivity index (χ2n) is 6.24. The molecule has 29 heavy (non-hydrogen) atoms. The fraction of sp³-hybridized carbons (Fsp3) is 0.286. The Morgan fingerprint density at radius 3 is 2.14 bits per heavy atom. The molecule has 0 heterocycles. The van der Waals surface area contributed by atoms with Crippen molar-refractivity contribution in [1.82, 2.24) is 15.7 Å². The van der Waals surface area contributed by atoms with Crippen molar-refractivity contribution >= 4 is 17.9 Å². The van der Waals surface area contributed by atoms with Gasteiger partial charge >= 0.3 is 6.09 Å². The first-order chi connectivity index (χ1) is 14.0. The Hall–Kier alpha value is -3.39. The van der Waals surface area contributed by atoms with Crippen LogP contribution in [0.5, 0.6) is 0 Å². The van der Waals surface area contributed by atoms with Crippen LogP contribution in [-0.2, 0) is 32.2 Å². The van der Waals surface area contributed by atoms with Crippen LogP contribution < -0.4 is 10.6 Å². The van der Waals surface area contributed by atoms with Crippen LogP contribution in [0.1, 0.15) is 11.1 Å². The first-order valence-electron chi connectivity index (χ1n) is 9.09. The van der Waals surface area contributed by atoms with E-state index < -0.39 is 23.9 Å². The Morgan fingerprint density at radius 2 is 1.55 bits per heavy atom. The Morgan fingerprint density at radius 1 is 0.966 bits per heavy atom. The van der Waals surface area contributed by atoms with E-state index in [0.29, 0.717) is 0 Å². The number of alkyl carbamates (subject to hydrolysis) is 1. The number of rotatable bonds is 9. The van der Waals surface area contributed by atoms with Crippen LogP contribution in [0.3, 0.4) is 0 Å². The number of carbonyl (C=O) groups excluding carboxylic acids is 3. The van der Waals surface area contributed by atoms with Crippen LogP contribution in [0, 0.1) is 0 Å². The number of nitrogens with zero attached hydrogens (tertiary/aromatic N) is 1. The summed E-state index contributed by atoms with van der Waals surface area (Å²) in [7, 11) is 2.79. The number of nitrogens with one attached hydrogen (secondary N) is 2. The molecule has 0 radical (unpaired) electrons. The Labute approximate surface area is 169 Å². The molecule has 0 saturated carbocycles. The first kappa shape index (κ1) is 21.9. The van der Waals surface area contributed by atoms with Crippen molar-refractivity contribution in [2.45, 2.75) is 19.1 Å². The molecule has 0 aromatic heterocycles. The Kier molecular flexibility index (Phi) is 8.65. The van der Waals surface area contributed by atoms with Gasteiger partial charge < -0.3 is 15.4 Å². The monoisotopic (exact) mass is 399 g/mol. The average molecular weight is 399 g/mol. The van der Waals surface area contributed by atoms with Crippen molar-refractivity contribution in [3.63, 3.8) is 0 Å². The van der Waals surface area contributed by atoms with Crippen molar-refractivity contribution in [3.05, 3.63) is 71.8 Å². The van der Waals surface area contributed by atoms with Gasteiger partial charge in [-0.25, -0.2) is 9.86 Å². The summed E-state index contributed by atoms with van der Waals surface area (Å²) in [5.41, 5.74) is 1.69. The highest BCUT2D eigenvalue weighted by atomic mass is 16.7. The number of amides is 3. The number of benzene rings is 2. The van der Waals surface area contributed by atoms with Crippen molar-refractivity contribution in [2.24, 2.45) is 0 Å². The summed E-state index contributed by atoms with van der Waals surface area (Å²) in [5, 5.41) is 6.10. The van der Waals surface area contributed by atoms with E-state index in [4.69, 9.17) is 9.57 Å². The summed E-state index contributed by atoms with van der Waals surface area (Å²) in [5.74, 6) is -0.922. The minimum absolute atomic E-state index is 0.0868. The number of hydroxylamine groups is 2. The summed E-state index contributed by atoms with van der Waals surface area (Å²) >= 11 is 0. The van der Waals surface area contributed by atoms with E-state index in [1.54, 1.807) is 0 Å². The number of hydrogen-bond donors (Lipinski definition) is 2. The molecule has 0 spiro atoms. The molecule has 2 aromatic rings. The Balaban J connectivity index is 1.97. The van der Waals surface area contributed by atoms with Gasteiger partial charge in [-0.15, -0.1) is 0 Å². The molecule has 8 heteroatoms. The molecular weight excluding hydrogens is 374 g/mol. The van der Waals surface area contributed by atoms with Crippen LogP contribution in [0.2, 0.25) is 0 Å². The summed E-state index contributed by atoms with van der Waals surface area (Å²) in [4.78, 5) is 41.4. The molecule has 0 bridgehead atoms. The third-order valence-corrected chi connectivity index (χ3v) is 4.14. The van der Waals surface area contributed by atoms with E-state index in [1.165, 1.54) is 14.2 Å². The summed E-state index contributed by atoms with van der Waals surface area (Å²) in [6.45, 7) is -0.168. The molecule has 2 rings (SSSR count). The normalized spacial score (nSPS) is 11.2. The van der Waals surface area contributed by atoms with E-state index in [2.05, 4.69) is 10.6 Å². The lowest BCUT2D eigenvalue weighted by molar-refractivity contribution is -0.167. The van der Waals surface area contributed by atoms with Crippen molar-refractivity contribution < 1.29 is 24.0 Å². The lowest BCUT2D eigenvalue weighted by Crippen LogP contribution is -2.50. The molecule has 0 aliphatic rings. The number of ether oxygens (including phenoxy) is 1. The molecule has 1 atom stereocenters.